The van der Waals surface area contributed by atoms with Crippen LogP contribution in [-0.4, -0.2) is 31.1 Å². The van der Waals surface area contributed by atoms with Crippen molar-refractivity contribution in [3.63, 3.8) is 0 Å². The highest BCUT2D eigenvalue weighted by atomic mass is 32.2. The molecule has 2 aromatic heterocycles. The molecule has 0 amide bonds. The second-order valence-corrected chi connectivity index (χ2v) is 8.26. The molecule has 8 nitrogen and oxygen atoms in total. The van der Waals surface area contributed by atoms with E-state index in [0.717, 1.165) is 4.88 Å². The van der Waals surface area contributed by atoms with Gasteiger partial charge in [-0.2, -0.15) is 4.98 Å². The molecule has 27 heavy (non-hydrogen) atoms. The molecule has 10 heteroatoms. The summed E-state index contributed by atoms with van der Waals surface area (Å²) >= 11 is 1.46. The van der Waals surface area contributed by atoms with Gasteiger partial charge in [-0.25, -0.2) is 17.9 Å². The number of hydrogen-bond donors (Lipinski definition) is 1. The maximum absolute atomic E-state index is 12.4. The molecular weight excluding hydrogens is 390 g/mol. The maximum Gasteiger partial charge on any atom is 0.338 e. The van der Waals surface area contributed by atoms with Gasteiger partial charge in [0.1, 0.15) is 0 Å². The lowest BCUT2D eigenvalue weighted by molar-refractivity contribution is 0.0428. The summed E-state index contributed by atoms with van der Waals surface area (Å²) in [5.74, 6) is -0.0938. The summed E-state index contributed by atoms with van der Waals surface area (Å²) in [6, 6.07) is 8.01. The Morgan fingerprint density at radius 2 is 2.15 bits per heavy atom. The monoisotopic (exact) mass is 407 g/mol. The molecule has 0 spiro atoms. The van der Waals surface area contributed by atoms with Crippen molar-refractivity contribution in [2.75, 3.05) is 6.54 Å². The minimum atomic E-state index is -3.67. The van der Waals surface area contributed by atoms with Gasteiger partial charge >= 0.3 is 5.97 Å². The third kappa shape index (κ3) is 4.41. The van der Waals surface area contributed by atoms with Crippen LogP contribution in [-0.2, 0) is 21.4 Å². The quantitative estimate of drug-likeness (QED) is 0.599. The summed E-state index contributed by atoms with van der Waals surface area (Å²) in [4.78, 5) is 17.4. The number of ether oxygens (including phenoxy) is 1. The van der Waals surface area contributed by atoms with Gasteiger partial charge in [0.25, 0.3) is 5.89 Å². The molecule has 0 saturated heterocycles. The van der Waals surface area contributed by atoms with Crippen molar-refractivity contribution >= 4 is 27.3 Å². The van der Waals surface area contributed by atoms with Crippen LogP contribution in [0.2, 0.25) is 0 Å². The number of thiophene rings is 1. The van der Waals surface area contributed by atoms with Crippen molar-refractivity contribution < 1.29 is 22.5 Å². The molecule has 142 valence electrons. The third-order valence-corrected chi connectivity index (χ3v) is 6.02. The van der Waals surface area contributed by atoms with Crippen LogP contribution < -0.4 is 4.72 Å². The minimum absolute atomic E-state index is 0.000304. The Balaban J connectivity index is 1.73. The van der Waals surface area contributed by atoms with Gasteiger partial charge < -0.3 is 9.26 Å². The number of benzene rings is 1. The number of sulfonamides is 1. The average molecular weight is 407 g/mol. The normalized spacial score (nSPS) is 11.5. The highest BCUT2D eigenvalue weighted by molar-refractivity contribution is 7.89. The fraction of sp³-hybridized carbons (Fsp3) is 0.235. The molecule has 0 bridgehead atoms. The van der Waals surface area contributed by atoms with Crippen molar-refractivity contribution in [2.45, 2.75) is 25.3 Å². The van der Waals surface area contributed by atoms with Gasteiger partial charge in [-0.05, 0) is 36.1 Å². The average Bonchev–Trinajstić information content (AvgIpc) is 3.31. The van der Waals surface area contributed by atoms with Crippen LogP contribution in [0.4, 0.5) is 0 Å². The minimum Gasteiger partial charge on any atom is -0.452 e. The summed E-state index contributed by atoms with van der Waals surface area (Å²) in [7, 11) is -3.67. The first kappa shape index (κ1) is 19.2. The zero-order valence-electron chi connectivity index (χ0n) is 14.6. The molecule has 0 aliphatic carbocycles. The lowest BCUT2D eigenvalue weighted by Crippen LogP contribution is -2.23. The van der Waals surface area contributed by atoms with Crippen molar-refractivity contribution in [2.24, 2.45) is 0 Å². The Labute approximate surface area is 160 Å². The van der Waals surface area contributed by atoms with Gasteiger partial charge in [0, 0.05) is 6.54 Å². The molecule has 0 aliphatic rings. The molecule has 0 radical (unpaired) electrons. The fourth-order valence-corrected chi connectivity index (χ4v) is 4.00. The van der Waals surface area contributed by atoms with Gasteiger partial charge in [-0.3, -0.25) is 0 Å². The molecule has 3 aromatic rings. The molecule has 0 atom stereocenters. The molecule has 1 aromatic carbocycles. The molecule has 0 aliphatic heterocycles. The van der Waals surface area contributed by atoms with Crippen molar-refractivity contribution in [3.05, 3.63) is 52.7 Å². The van der Waals surface area contributed by atoms with E-state index in [1.807, 2.05) is 17.5 Å². The predicted octanol–water partition coefficient (Wildman–Crippen LogP) is 2.76. The van der Waals surface area contributed by atoms with Crippen molar-refractivity contribution in [1.29, 1.82) is 0 Å². The Morgan fingerprint density at radius 1 is 1.33 bits per heavy atom. The van der Waals surface area contributed by atoms with E-state index in [4.69, 9.17) is 9.26 Å². The van der Waals surface area contributed by atoms with E-state index in [0.29, 0.717) is 11.4 Å². The van der Waals surface area contributed by atoms with Crippen molar-refractivity contribution in [1.82, 2.24) is 14.9 Å². The Bertz CT molecular complexity index is 1040. The van der Waals surface area contributed by atoms with Gasteiger partial charge in [-0.15, -0.1) is 11.3 Å². The van der Waals surface area contributed by atoms with E-state index >= 15 is 0 Å². The van der Waals surface area contributed by atoms with Gasteiger partial charge in [0.05, 0.1) is 15.3 Å². The van der Waals surface area contributed by atoms with Crippen LogP contribution in [0.25, 0.3) is 10.7 Å². The predicted molar refractivity (Wildman–Crippen MR) is 98.8 cm³/mol. The maximum atomic E-state index is 12.4. The van der Waals surface area contributed by atoms with E-state index < -0.39 is 16.0 Å². The van der Waals surface area contributed by atoms with Crippen molar-refractivity contribution in [3.8, 4) is 10.7 Å². The first-order valence-electron chi connectivity index (χ1n) is 8.04. The molecule has 3 rings (SSSR count). The number of hydrogen-bond acceptors (Lipinski definition) is 8. The smallest absolute Gasteiger partial charge is 0.338 e. The summed E-state index contributed by atoms with van der Waals surface area (Å²) in [5, 5.41) is 5.73. The zero-order valence-corrected chi connectivity index (χ0v) is 16.3. The second-order valence-electron chi connectivity index (χ2n) is 5.54. The van der Waals surface area contributed by atoms with Crippen LogP contribution in [0.5, 0.6) is 0 Å². The van der Waals surface area contributed by atoms with Crippen LogP contribution in [0.1, 0.15) is 28.7 Å². The van der Waals surface area contributed by atoms with Crippen LogP contribution in [0.3, 0.4) is 0 Å². The Hall–Kier alpha value is -2.56. The summed E-state index contributed by atoms with van der Waals surface area (Å²) in [5.41, 5.74) is 0.757. The second kappa shape index (κ2) is 7.99. The molecule has 2 heterocycles. The van der Waals surface area contributed by atoms with E-state index in [9.17, 15) is 13.2 Å². The highest BCUT2D eigenvalue weighted by Crippen LogP contribution is 2.22. The van der Waals surface area contributed by atoms with E-state index in [2.05, 4.69) is 14.9 Å². The summed E-state index contributed by atoms with van der Waals surface area (Å²) in [6.07, 6.45) is 0. The number of nitrogens with zero attached hydrogens (tertiary/aromatic N) is 2. The van der Waals surface area contributed by atoms with Crippen LogP contribution in [0.15, 0.2) is 45.1 Å². The summed E-state index contributed by atoms with van der Waals surface area (Å²) < 4.78 is 36.9. The molecule has 1 N–H and O–H groups in total. The van der Waals surface area contributed by atoms with Gasteiger partial charge in [0.15, 0.2) is 6.61 Å². The van der Waals surface area contributed by atoms with E-state index in [1.165, 1.54) is 23.5 Å². The largest absolute Gasteiger partial charge is 0.452 e. The number of nitrogens with one attached hydrogen (secondary N) is 1. The van der Waals surface area contributed by atoms with E-state index in [1.54, 1.807) is 19.9 Å². The fourth-order valence-electron chi connectivity index (χ4n) is 2.29. The highest BCUT2D eigenvalue weighted by Gasteiger charge is 2.19. The number of carbonyl (C=O) groups is 1. The van der Waals surface area contributed by atoms with E-state index in [-0.39, 0.29) is 29.5 Å². The van der Waals surface area contributed by atoms with Gasteiger partial charge in [-0.1, -0.05) is 24.2 Å². The first-order valence-corrected chi connectivity index (χ1v) is 10.4. The summed E-state index contributed by atoms with van der Waals surface area (Å²) in [6.45, 7) is 3.41. The molecule has 0 fully saturated rings. The molecule has 0 saturated carbocycles. The zero-order chi connectivity index (χ0) is 19.4. The first-order chi connectivity index (χ1) is 12.9. The molecule has 0 unspecified atom stereocenters. The standard InChI is InChI=1S/C17H17N3O5S2/c1-3-18-27(22,23)12-7-6-11(2)13(9-12)17(21)24-10-15-19-16(20-25-15)14-5-4-8-26-14/h4-9,18H,3,10H2,1-2H3. The number of rotatable bonds is 7. The Kier molecular flexibility index (Phi) is 5.68. The van der Waals surface area contributed by atoms with Gasteiger partial charge in [0.2, 0.25) is 15.8 Å². The SMILES string of the molecule is CCNS(=O)(=O)c1ccc(C)c(C(=O)OCc2nc(-c3cccs3)no2)c1. The topological polar surface area (TPSA) is 111 Å². The third-order valence-electron chi connectivity index (χ3n) is 3.61. The lowest BCUT2D eigenvalue weighted by atomic mass is 10.1. The Morgan fingerprint density at radius 3 is 2.85 bits per heavy atom. The van der Waals surface area contributed by atoms with Crippen LogP contribution in [0, 0.1) is 6.92 Å². The number of aryl methyl sites for hydroxylation is 1. The van der Waals surface area contributed by atoms with Crippen LogP contribution >= 0.6 is 11.3 Å². The number of esters is 1. The molecular formula is C17H17N3O5S2. The number of aromatic nitrogens is 2. The lowest BCUT2D eigenvalue weighted by Gasteiger charge is -2.09. The number of carbonyl (C=O) groups excluding carboxylic acids is 1.